The molecule has 0 aromatic rings. The molecule has 0 aromatic carbocycles. The van der Waals surface area contributed by atoms with Gasteiger partial charge in [0.2, 0.25) is 0 Å². The van der Waals surface area contributed by atoms with Crippen molar-refractivity contribution in [2.24, 2.45) is 34.3 Å². The second kappa shape index (κ2) is 6.96. The highest BCUT2D eigenvalue weighted by Crippen LogP contribution is 2.55. The van der Waals surface area contributed by atoms with Gasteiger partial charge in [0.1, 0.15) is 0 Å². The van der Waals surface area contributed by atoms with E-state index in [1.807, 2.05) is 0 Å². The smallest absolute Gasteiger partial charge is 0.0988 e. The van der Waals surface area contributed by atoms with E-state index < -0.39 is 6.10 Å². The summed E-state index contributed by atoms with van der Waals surface area (Å²) in [5.41, 5.74) is 3.62. The molecule has 0 aromatic heterocycles. The van der Waals surface area contributed by atoms with Gasteiger partial charge in [-0.1, -0.05) is 48.7 Å². The predicted molar refractivity (Wildman–Crippen MR) is 100 cm³/mol. The van der Waals surface area contributed by atoms with Gasteiger partial charge in [0.15, 0.2) is 0 Å². The summed E-state index contributed by atoms with van der Waals surface area (Å²) in [5, 5.41) is 14.5. The number of nitroso groups, excluding NO2 is 1. The van der Waals surface area contributed by atoms with Crippen LogP contribution in [0.3, 0.4) is 0 Å². The number of aliphatic hydroxyl groups is 1. The molecule has 0 bridgehead atoms. The van der Waals surface area contributed by atoms with Crippen LogP contribution in [0.5, 0.6) is 0 Å². The molecule has 1 saturated carbocycles. The summed E-state index contributed by atoms with van der Waals surface area (Å²) < 4.78 is 5.47. The average Bonchev–Trinajstić information content (AvgIpc) is 3.04. The van der Waals surface area contributed by atoms with Crippen LogP contribution in [-0.2, 0) is 4.74 Å². The number of methoxy groups -OCH3 is 1. The predicted octanol–water partition coefficient (Wildman–Crippen LogP) is 4.48. The lowest BCUT2D eigenvalue weighted by Crippen LogP contribution is -2.35. The van der Waals surface area contributed by atoms with E-state index in [4.69, 9.17) is 4.74 Å². The lowest BCUT2D eigenvalue weighted by Gasteiger charge is -2.38. The summed E-state index contributed by atoms with van der Waals surface area (Å²) in [7, 11) is 1.75. The van der Waals surface area contributed by atoms with E-state index in [1.54, 1.807) is 7.11 Å². The third-order valence-electron chi connectivity index (χ3n) is 7.19. The van der Waals surface area contributed by atoms with Crippen LogP contribution in [-0.4, -0.2) is 31.0 Å². The van der Waals surface area contributed by atoms with Crippen LogP contribution in [0.1, 0.15) is 53.4 Å². The zero-order valence-corrected chi connectivity index (χ0v) is 16.3. The Morgan fingerprint density at radius 1 is 1.36 bits per heavy atom. The third-order valence-corrected chi connectivity index (χ3v) is 7.19. The molecule has 1 fully saturated rings. The van der Waals surface area contributed by atoms with Crippen molar-refractivity contribution in [3.05, 3.63) is 27.7 Å². The van der Waals surface area contributed by atoms with Gasteiger partial charge < -0.3 is 9.84 Å². The molecule has 3 aliphatic carbocycles. The van der Waals surface area contributed by atoms with Crippen molar-refractivity contribution in [2.75, 3.05) is 13.7 Å². The Balaban J connectivity index is 2.15. The fourth-order valence-electron chi connectivity index (χ4n) is 5.54. The molecule has 4 nitrogen and oxygen atoms in total. The second-order valence-corrected chi connectivity index (χ2v) is 8.88. The summed E-state index contributed by atoms with van der Waals surface area (Å²) >= 11 is 0. The molecule has 25 heavy (non-hydrogen) atoms. The number of ether oxygens (including phenoxy) is 1. The number of hydrogen-bond acceptors (Lipinski definition) is 4. The Kier molecular flexibility index (Phi) is 5.23. The minimum absolute atomic E-state index is 0.205. The van der Waals surface area contributed by atoms with E-state index in [2.05, 4.69) is 38.9 Å². The highest BCUT2D eigenvalue weighted by molar-refractivity contribution is 5.40. The monoisotopic (exact) mass is 347 g/mol. The zero-order valence-electron chi connectivity index (χ0n) is 16.3. The molecule has 4 heteroatoms. The topological polar surface area (TPSA) is 58.9 Å². The van der Waals surface area contributed by atoms with Gasteiger partial charge in [-0.3, -0.25) is 0 Å². The maximum Gasteiger partial charge on any atom is 0.0988 e. The highest BCUT2D eigenvalue weighted by Gasteiger charge is 2.49. The van der Waals surface area contributed by atoms with Crippen LogP contribution in [0.2, 0.25) is 0 Å². The van der Waals surface area contributed by atoms with Gasteiger partial charge >= 0.3 is 0 Å². The number of rotatable bonds is 4. The number of hydrogen-bond donors (Lipinski definition) is 1. The molecular weight excluding hydrogens is 314 g/mol. The molecule has 0 amide bonds. The van der Waals surface area contributed by atoms with Crippen molar-refractivity contribution in [3.63, 3.8) is 0 Å². The fourth-order valence-corrected chi connectivity index (χ4v) is 5.54. The van der Waals surface area contributed by atoms with Crippen molar-refractivity contribution in [2.45, 2.75) is 65.5 Å². The molecule has 0 aliphatic heterocycles. The third kappa shape index (κ3) is 3.02. The molecule has 3 aliphatic rings. The Morgan fingerprint density at radius 3 is 2.68 bits per heavy atom. The normalized spacial score (nSPS) is 43.3. The largest absolute Gasteiger partial charge is 0.392 e. The van der Waals surface area contributed by atoms with Crippen molar-refractivity contribution >= 4 is 0 Å². The molecule has 0 radical (unpaired) electrons. The van der Waals surface area contributed by atoms with Gasteiger partial charge in [-0.25, -0.2) is 0 Å². The maximum atomic E-state index is 11.7. The second-order valence-electron chi connectivity index (χ2n) is 8.88. The Bertz CT molecular complexity index is 594. The lowest BCUT2D eigenvalue weighted by atomic mass is 9.68. The first-order valence-corrected chi connectivity index (χ1v) is 9.78. The fraction of sp³-hybridized carbons (Fsp3) is 0.810. The average molecular weight is 347 g/mol. The Hall–Kier alpha value is -1.00. The molecule has 0 saturated heterocycles. The zero-order chi connectivity index (χ0) is 18.4. The van der Waals surface area contributed by atoms with E-state index >= 15 is 0 Å². The van der Waals surface area contributed by atoms with Gasteiger partial charge in [-0.15, -0.1) is 0 Å². The molecule has 3 rings (SSSR count). The molecule has 0 heterocycles. The van der Waals surface area contributed by atoms with Crippen LogP contribution >= 0.6 is 0 Å². The van der Waals surface area contributed by atoms with Crippen molar-refractivity contribution in [1.29, 1.82) is 0 Å². The quantitative estimate of drug-likeness (QED) is 0.602. The van der Waals surface area contributed by atoms with Crippen LogP contribution < -0.4 is 0 Å². The van der Waals surface area contributed by atoms with Crippen LogP contribution in [0, 0.1) is 34.0 Å². The maximum absolute atomic E-state index is 11.7. The first kappa shape index (κ1) is 18.8. The van der Waals surface area contributed by atoms with Crippen molar-refractivity contribution in [1.82, 2.24) is 0 Å². The van der Waals surface area contributed by atoms with Gasteiger partial charge in [0.05, 0.1) is 18.8 Å². The Labute approximate surface area is 151 Å². The van der Waals surface area contributed by atoms with E-state index in [9.17, 15) is 10.0 Å². The van der Waals surface area contributed by atoms with E-state index in [-0.39, 0.29) is 17.4 Å². The molecule has 1 N–H and O–H groups in total. The van der Waals surface area contributed by atoms with Crippen LogP contribution in [0.4, 0.5) is 0 Å². The molecule has 4 unspecified atom stereocenters. The first-order chi connectivity index (χ1) is 11.8. The molecule has 6 atom stereocenters. The standard InChI is InChI=1S/C21H33NO3/c1-12(2)16-8-20(23)21(4)10-17-14(11-25-5)6-7-15(17)13(3)19(22-24)9-18(16)21/h10,12-15,19-20,23H,6-9,11H2,1-5H3/b17-10-/t13?,14?,15-,19?,20-,21?/m0/s1. The number of fused-ring (bicyclic) bond motifs is 2. The Morgan fingerprint density at radius 2 is 2.08 bits per heavy atom. The number of nitrogens with zero attached hydrogens (tertiary/aromatic N) is 1. The first-order valence-electron chi connectivity index (χ1n) is 9.78. The van der Waals surface area contributed by atoms with Crippen molar-refractivity contribution < 1.29 is 9.84 Å². The van der Waals surface area contributed by atoms with Gasteiger partial charge in [0.25, 0.3) is 0 Å². The summed E-state index contributed by atoms with van der Waals surface area (Å²) in [6.07, 6.45) is 5.56. The van der Waals surface area contributed by atoms with E-state index in [0.29, 0.717) is 30.6 Å². The van der Waals surface area contributed by atoms with Crippen LogP contribution in [0.25, 0.3) is 0 Å². The van der Waals surface area contributed by atoms with Gasteiger partial charge in [-0.2, -0.15) is 4.91 Å². The molecule has 140 valence electrons. The summed E-state index contributed by atoms with van der Waals surface area (Å²) in [6, 6.07) is -0.205. The minimum atomic E-state index is -0.405. The van der Waals surface area contributed by atoms with Crippen LogP contribution in [0.15, 0.2) is 28.0 Å². The lowest BCUT2D eigenvalue weighted by molar-refractivity contribution is 0.101. The van der Waals surface area contributed by atoms with Crippen molar-refractivity contribution in [3.8, 4) is 0 Å². The number of aliphatic hydroxyl groups excluding tert-OH is 1. The van der Waals surface area contributed by atoms with E-state index in [1.165, 1.54) is 16.7 Å². The summed E-state index contributed by atoms with van der Waals surface area (Å²) in [4.78, 5) is 11.7. The highest BCUT2D eigenvalue weighted by atomic mass is 16.5. The summed E-state index contributed by atoms with van der Waals surface area (Å²) in [5.74, 6) is 1.42. The van der Waals surface area contributed by atoms with Gasteiger partial charge in [0, 0.05) is 18.4 Å². The van der Waals surface area contributed by atoms with E-state index in [0.717, 1.165) is 19.4 Å². The molecule has 0 spiro atoms. The molecular formula is C21H33NO3. The van der Waals surface area contributed by atoms with Gasteiger partial charge in [-0.05, 0) is 50.4 Å². The SMILES string of the molecule is COCC1CC[C@@H]2/C1=C\C1(C)C(=C(C(C)C)C[C@@H]1O)CC(N=O)C2C. The minimum Gasteiger partial charge on any atom is -0.392 e. The summed E-state index contributed by atoms with van der Waals surface area (Å²) in [6.45, 7) is 9.43.